The molecule has 0 aliphatic heterocycles. The molecule has 1 aromatic heterocycles. The third-order valence-corrected chi connectivity index (χ3v) is 2.40. The van der Waals surface area contributed by atoms with Crippen LogP contribution < -0.4 is 15.5 Å². The predicted octanol–water partition coefficient (Wildman–Crippen LogP) is -0.700. The number of anilines is 1. The largest absolute Gasteiger partial charge is 0.451 e. The molecule has 114 valence electrons. The smallest absolute Gasteiger partial charge is 0.326 e. The molecule has 0 spiro atoms. The Balaban J connectivity index is 2.46. The summed E-state index contributed by atoms with van der Waals surface area (Å²) in [5.41, 5.74) is 0. The lowest BCUT2D eigenvalue weighted by Crippen LogP contribution is -2.44. The molecule has 1 atom stereocenters. The van der Waals surface area contributed by atoms with Crippen molar-refractivity contribution in [2.75, 3.05) is 25.5 Å². The van der Waals surface area contributed by atoms with Crippen molar-refractivity contribution < 1.29 is 19.1 Å². The Hall–Kier alpha value is -2.71. The van der Waals surface area contributed by atoms with Gasteiger partial charge in [0, 0.05) is 26.5 Å². The van der Waals surface area contributed by atoms with Crippen LogP contribution in [0.4, 0.5) is 10.7 Å². The number of likely N-dealkylation sites (N-methyl/N-ethyl adjacent to an activating group) is 1. The van der Waals surface area contributed by atoms with E-state index in [1.165, 1.54) is 18.9 Å². The average molecular weight is 295 g/mol. The summed E-state index contributed by atoms with van der Waals surface area (Å²) < 4.78 is 4.92. The number of nitrogens with zero attached hydrogens (tertiary/aromatic N) is 3. The Morgan fingerprint density at radius 1 is 1.33 bits per heavy atom. The van der Waals surface area contributed by atoms with E-state index in [2.05, 4.69) is 15.3 Å². The summed E-state index contributed by atoms with van der Waals surface area (Å²) in [6, 6.07) is 0.985. The first kappa shape index (κ1) is 16.3. The van der Waals surface area contributed by atoms with Crippen molar-refractivity contribution in [1.29, 1.82) is 0 Å². The molecule has 0 saturated heterocycles. The van der Waals surface area contributed by atoms with Crippen LogP contribution in [0.3, 0.4) is 0 Å². The standard InChI is InChI=1S/C12H17N5O4/c1-8(10(19)16-12(20)13-2)21-9(18)7-17(3)11-14-5-4-6-15-11/h4-6,8H,7H2,1-3H3,(H2,13,16,19,20). The summed E-state index contributed by atoms with van der Waals surface area (Å²) in [5, 5.41) is 4.24. The van der Waals surface area contributed by atoms with Gasteiger partial charge in [0.25, 0.3) is 5.91 Å². The Morgan fingerprint density at radius 2 is 1.95 bits per heavy atom. The maximum Gasteiger partial charge on any atom is 0.326 e. The average Bonchev–Trinajstić information content (AvgIpc) is 2.47. The van der Waals surface area contributed by atoms with Crippen LogP contribution in [0.5, 0.6) is 0 Å². The second kappa shape index (κ2) is 7.78. The number of imide groups is 1. The van der Waals surface area contributed by atoms with Crippen LogP contribution >= 0.6 is 0 Å². The van der Waals surface area contributed by atoms with Crippen LogP contribution in [0.2, 0.25) is 0 Å². The van der Waals surface area contributed by atoms with Crippen molar-refractivity contribution in [3.8, 4) is 0 Å². The molecule has 0 aliphatic carbocycles. The summed E-state index contributed by atoms with van der Waals surface area (Å²) in [4.78, 5) is 43.6. The van der Waals surface area contributed by atoms with Gasteiger partial charge >= 0.3 is 12.0 Å². The normalized spacial score (nSPS) is 11.2. The van der Waals surface area contributed by atoms with E-state index in [-0.39, 0.29) is 6.54 Å². The molecule has 0 aromatic carbocycles. The van der Waals surface area contributed by atoms with Crippen LogP contribution in [-0.2, 0) is 14.3 Å². The van der Waals surface area contributed by atoms with Gasteiger partial charge in [-0.05, 0) is 13.0 Å². The second-order valence-corrected chi connectivity index (χ2v) is 4.11. The van der Waals surface area contributed by atoms with Gasteiger partial charge in [0.05, 0.1) is 0 Å². The summed E-state index contributed by atoms with van der Waals surface area (Å²) >= 11 is 0. The molecule has 0 aliphatic rings. The van der Waals surface area contributed by atoms with Crippen molar-refractivity contribution in [3.05, 3.63) is 18.5 Å². The van der Waals surface area contributed by atoms with E-state index in [1.54, 1.807) is 25.5 Å². The number of hydrogen-bond donors (Lipinski definition) is 2. The van der Waals surface area contributed by atoms with E-state index >= 15 is 0 Å². The van der Waals surface area contributed by atoms with E-state index in [0.29, 0.717) is 5.95 Å². The highest BCUT2D eigenvalue weighted by Crippen LogP contribution is 2.02. The van der Waals surface area contributed by atoms with Gasteiger partial charge in [0.2, 0.25) is 5.95 Å². The molecule has 0 bridgehead atoms. The zero-order valence-corrected chi connectivity index (χ0v) is 12.0. The zero-order chi connectivity index (χ0) is 15.8. The highest BCUT2D eigenvalue weighted by atomic mass is 16.5. The van der Waals surface area contributed by atoms with Crippen molar-refractivity contribution in [2.24, 2.45) is 0 Å². The van der Waals surface area contributed by atoms with Crippen LogP contribution in [0.15, 0.2) is 18.5 Å². The van der Waals surface area contributed by atoms with Crippen LogP contribution in [0.25, 0.3) is 0 Å². The Kier molecular flexibility index (Phi) is 6.05. The van der Waals surface area contributed by atoms with E-state index < -0.39 is 24.0 Å². The Morgan fingerprint density at radius 3 is 2.52 bits per heavy atom. The summed E-state index contributed by atoms with van der Waals surface area (Å²) in [6.45, 7) is 1.25. The van der Waals surface area contributed by atoms with Crippen molar-refractivity contribution in [2.45, 2.75) is 13.0 Å². The number of carbonyl (C=O) groups excluding carboxylic acids is 3. The fourth-order valence-electron chi connectivity index (χ4n) is 1.32. The molecule has 1 unspecified atom stereocenters. The fourth-order valence-corrected chi connectivity index (χ4v) is 1.32. The molecular weight excluding hydrogens is 278 g/mol. The first-order chi connectivity index (χ1) is 9.93. The molecule has 0 radical (unpaired) electrons. The number of nitrogens with one attached hydrogen (secondary N) is 2. The highest BCUT2D eigenvalue weighted by molar-refractivity contribution is 5.97. The van der Waals surface area contributed by atoms with Crippen LogP contribution in [0.1, 0.15) is 6.92 Å². The molecule has 0 saturated carbocycles. The van der Waals surface area contributed by atoms with Gasteiger partial charge in [0.15, 0.2) is 6.10 Å². The fraction of sp³-hybridized carbons (Fsp3) is 0.417. The molecule has 3 amide bonds. The third-order valence-electron chi connectivity index (χ3n) is 2.40. The molecule has 1 aromatic rings. The highest BCUT2D eigenvalue weighted by Gasteiger charge is 2.20. The molecule has 1 rings (SSSR count). The van der Waals surface area contributed by atoms with E-state index in [0.717, 1.165) is 0 Å². The zero-order valence-electron chi connectivity index (χ0n) is 12.0. The quantitative estimate of drug-likeness (QED) is 0.690. The van der Waals surface area contributed by atoms with Crippen LogP contribution in [0, 0.1) is 0 Å². The number of aromatic nitrogens is 2. The number of esters is 1. The van der Waals surface area contributed by atoms with Crippen molar-refractivity contribution in [1.82, 2.24) is 20.6 Å². The monoisotopic (exact) mass is 295 g/mol. The number of amides is 3. The number of hydrogen-bond acceptors (Lipinski definition) is 7. The van der Waals surface area contributed by atoms with Gasteiger partial charge in [-0.1, -0.05) is 0 Å². The van der Waals surface area contributed by atoms with E-state index in [1.807, 2.05) is 5.32 Å². The minimum absolute atomic E-state index is 0.123. The lowest BCUT2D eigenvalue weighted by atomic mass is 10.4. The maximum absolute atomic E-state index is 11.7. The topological polar surface area (TPSA) is 114 Å². The number of ether oxygens (including phenoxy) is 1. The summed E-state index contributed by atoms with van der Waals surface area (Å²) in [6.07, 6.45) is 2.01. The minimum atomic E-state index is -1.08. The molecule has 1 heterocycles. The molecule has 0 fully saturated rings. The summed E-state index contributed by atoms with van der Waals surface area (Å²) in [5.74, 6) is -0.984. The Bertz CT molecular complexity index is 508. The van der Waals surface area contributed by atoms with Gasteiger partial charge in [-0.3, -0.25) is 14.9 Å². The first-order valence-electron chi connectivity index (χ1n) is 6.14. The molecule has 2 N–H and O–H groups in total. The van der Waals surface area contributed by atoms with Gasteiger partial charge in [-0.25, -0.2) is 14.8 Å². The molecular formula is C12H17N5O4. The minimum Gasteiger partial charge on any atom is -0.451 e. The number of carbonyl (C=O) groups is 3. The van der Waals surface area contributed by atoms with Gasteiger partial charge < -0.3 is 15.0 Å². The van der Waals surface area contributed by atoms with Gasteiger partial charge in [-0.2, -0.15) is 0 Å². The molecule has 21 heavy (non-hydrogen) atoms. The SMILES string of the molecule is CNC(=O)NC(=O)C(C)OC(=O)CN(C)c1ncccn1. The number of rotatable bonds is 5. The molecule has 9 nitrogen and oxygen atoms in total. The van der Waals surface area contributed by atoms with E-state index in [9.17, 15) is 14.4 Å². The van der Waals surface area contributed by atoms with Crippen molar-refractivity contribution >= 4 is 23.9 Å². The lowest BCUT2D eigenvalue weighted by Gasteiger charge is -2.17. The predicted molar refractivity (Wildman–Crippen MR) is 73.5 cm³/mol. The van der Waals surface area contributed by atoms with Crippen molar-refractivity contribution in [3.63, 3.8) is 0 Å². The Labute approximate surface area is 121 Å². The molecule has 9 heteroatoms. The lowest BCUT2D eigenvalue weighted by molar-refractivity contribution is -0.153. The van der Waals surface area contributed by atoms with E-state index in [4.69, 9.17) is 4.74 Å². The van der Waals surface area contributed by atoms with Crippen LogP contribution in [-0.4, -0.2) is 54.6 Å². The first-order valence-corrected chi connectivity index (χ1v) is 6.14. The third kappa shape index (κ3) is 5.43. The van der Waals surface area contributed by atoms with Gasteiger partial charge in [-0.15, -0.1) is 0 Å². The second-order valence-electron chi connectivity index (χ2n) is 4.11. The van der Waals surface area contributed by atoms with Gasteiger partial charge in [0.1, 0.15) is 6.54 Å². The maximum atomic E-state index is 11.7. The number of urea groups is 1. The summed E-state index contributed by atoms with van der Waals surface area (Å²) in [7, 11) is 2.99.